The van der Waals surface area contributed by atoms with E-state index in [1.54, 1.807) is 6.92 Å². The molecule has 0 spiro atoms. The summed E-state index contributed by atoms with van der Waals surface area (Å²) >= 11 is 7.63. The van der Waals surface area contributed by atoms with Gasteiger partial charge in [0.05, 0.1) is 17.4 Å². The topological polar surface area (TPSA) is 38.3 Å². The van der Waals surface area contributed by atoms with E-state index in [1.165, 1.54) is 11.8 Å². The normalized spacial score (nSPS) is 10.8. The summed E-state index contributed by atoms with van der Waals surface area (Å²) in [5.41, 5.74) is 1.11. The Bertz CT molecular complexity index is 424. The van der Waals surface area contributed by atoms with Crippen LogP contribution in [0.25, 0.3) is 0 Å². The average molecular weight is 302 g/mol. The predicted molar refractivity (Wildman–Crippen MR) is 80.8 cm³/mol. The number of hydrogen-bond donors (Lipinski definition) is 1. The zero-order valence-electron chi connectivity index (χ0n) is 11.5. The van der Waals surface area contributed by atoms with Crippen molar-refractivity contribution < 1.29 is 9.53 Å². The molecule has 0 bridgehead atoms. The lowest BCUT2D eigenvalue weighted by atomic mass is 10.2. The summed E-state index contributed by atoms with van der Waals surface area (Å²) in [5, 5.41) is 4.03. The largest absolute Gasteiger partial charge is 0.465 e. The summed E-state index contributed by atoms with van der Waals surface area (Å²) in [4.78, 5) is 12.4. The van der Waals surface area contributed by atoms with Crippen LogP contribution in [-0.4, -0.2) is 24.4 Å². The molecule has 0 amide bonds. The van der Waals surface area contributed by atoms with Crippen LogP contribution < -0.4 is 5.32 Å². The minimum atomic E-state index is -0.213. The third-order valence-electron chi connectivity index (χ3n) is 2.39. The van der Waals surface area contributed by atoms with Gasteiger partial charge in [-0.3, -0.25) is 4.79 Å². The van der Waals surface area contributed by atoms with Crippen molar-refractivity contribution in [1.29, 1.82) is 0 Å². The van der Waals surface area contributed by atoms with Gasteiger partial charge in [-0.15, -0.1) is 11.8 Å². The Morgan fingerprint density at radius 1 is 1.47 bits per heavy atom. The molecule has 0 saturated carbocycles. The molecule has 0 saturated heterocycles. The molecule has 0 atom stereocenters. The molecule has 0 aliphatic heterocycles. The van der Waals surface area contributed by atoms with E-state index >= 15 is 0 Å². The number of nitrogens with one attached hydrogen (secondary N) is 1. The molecule has 3 nitrogen and oxygen atoms in total. The van der Waals surface area contributed by atoms with Gasteiger partial charge in [0.15, 0.2) is 0 Å². The van der Waals surface area contributed by atoms with Crippen molar-refractivity contribution in [3.63, 3.8) is 0 Å². The van der Waals surface area contributed by atoms with Crippen LogP contribution in [0.4, 0.5) is 0 Å². The van der Waals surface area contributed by atoms with Gasteiger partial charge in [0.25, 0.3) is 0 Å². The number of ether oxygens (including phenoxy) is 1. The molecule has 0 aromatic heterocycles. The minimum Gasteiger partial charge on any atom is -0.465 e. The molecule has 0 unspecified atom stereocenters. The summed E-state index contributed by atoms with van der Waals surface area (Å²) in [7, 11) is 0. The number of esters is 1. The van der Waals surface area contributed by atoms with Crippen LogP contribution in [0.1, 0.15) is 26.3 Å². The quantitative estimate of drug-likeness (QED) is 0.618. The third kappa shape index (κ3) is 5.85. The second-order valence-electron chi connectivity index (χ2n) is 4.36. The van der Waals surface area contributed by atoms with Gasteiger partial charge >= 0.3 is 5.97 Å². The Kier molecular flexibility index (Phi) is 7.28. The van der Waals surface area contributed by atoms with E-state index in [9.17, 15) is 4.79 Å². The van der Waals surface area contributed by atoms with Gasteiger partial charge in [-0.2, -0.15) is 0 Å². The Labute approximate surface area is 124 Å². The molecule has 1 rings (SSSR count). The lowest BCUT2D eigenvalue weighted by Crippen LogP contribution is -2.22. The summed E-state index contributed by atoms with van der Waals surface area (Å²) in [6.45, 7) is 7.13. The first-order valence-corrected chi connectivity index (χ1v) is 7.70. The highest BCUT2D eigenvalue weighted by molar-refractivity contribution is 8.00. The maximum Gasteiger partial charge on any atom is 0.316 e. The maximum absolute atomic E-state index is 11.4. The number of rotatable bonds is 7. The first kappa shape index (κ1) is 16.3. The fourth-order valence-electron chi connectivity index (χ4n) is 1.50. The first-order valence-electron chi connectivity index (χ1n) is 6.33. The molecule has 0 fully saturated rings. The van der Waals surface area contributed by atoms with E-state index in [4.69, 9.17) is 16.3 Å². The second-order valence-corrected chi connectivity index (χ2v) is 5.75. The van der Waals surface area contributed by atoms with E-state index < -0.39 is 0 Å². The summed E-state index contributed by atoms with van der Waals surface area (Å²) in [5.74, 6) is 0.0712. The number of hydrogen-bond acceptors (Lipinski definition) is 4. The van der Waals surface area contributed by atoms with Gasteiger partial charge in [0, 0.05) is 17.5 Å². The molecule has 5 heteroatoms. The zero-order valence-corrected chi connectivity index (χ0v) is 13.1. The predicted octanol–water partition coefficient (Wildman–Crippen LogP) is 3.49. The Morgan fingerprint density at radius 2 is 2.21 bits per heavy atom. The van der Waals surface area contributed by atoms with Crippen molar-refractivity contribution in [2.45, 2.75) is 38.3 Å². The summed E-state index contributed by atoms with van der Waals surface area (Å²) in [6, 6.07) is 6.19. The van der Waals surface area contributed by atoms with E-state index in [1.807, 2.05) is 18.2 Å². The molecular weight excluding hydrogens is 282 g/mol. The highest BCUT2D eigenvalue weighted by Gasteiger charge is 2.11. The van der Waals surface area contributed by atoms with Crippen LogP contribution in [0.5, 0.6) is 0 Å². The molecule has 1 aromatic carbocycles. The molecule has 0 aliphatic rings. The van der Waals surface area contributed by atoms with E-state index in [0.29, 0.717) is 17.7 Å². The van der Waals surface area contributed by atoms with Crippen LogP contribution in [0.15, 0.2) is 23.1 Å². The van der Waals surface area contributed by atoms with Gasteiger partial charge in [-0.25, -0.2) is 0 Å². The fourth-order valence-corrected chi connectivity index (χ4v) is 2.74. The Hall–Kier alpha value is -0.710. The molecule has 1 aromatic rings. The van der Waals surface area contributed by atoms with Gasteiger partial charge in [-0.1, -0.05) is 37.6 Å². The molecule has 0 aliphatic carbocycles. The fraction of sp³-hybridized carbons (Fsp3) is 0.500. The maximum atomic E-state index is 11.4. The first-order chi connectivity index (χ1) is 9.04. The zero-order chi connectivity index (χ0) is 14.3. The third-order valence-corrected chi connectivity index (χ3v) is 3.97. The monoisotopic (exact) mass is 301 g/mol. The average Bonchev–Trinajstić information content (AvgIpc) is 2.35. The van der Waals surface area contributed by atoms with Crippen LogP contribution in [0, 0.1) is 0 Å². The lowest BCUT2D eigenvalue weighted by Gasteiger charge is -2.13. The van der Waals surface area contributed by atoms with Crippen LogP contribution in [0.3, 0.4) is 0 Å². The molecule has 106 valence electrons. The van der Waals surface area contributed by atoms with Crippen molar-refractivity contribution in [1.82, 2.24) is 5.32 Å². The minimum absolute atomic E-state index is 0.213. The van der Waals surface area contributed by atoms with E-state index in [-0.39, 0.29) is 11.7 Å². The molecule has 19 heavy (non-hydrogen) atoms. The summed E-state index contributed by atoms with van der Waals surface area (Å²) < 4.78 is 4.92. The van der Waals surface area contributed by atoms with Crippen LogP contribution in [-0.2, 0) is 16.1 Å². The smallest absolute Gasteiger partial charge is 0.316 e. The number of carbonyl (C=O) groups is 1. The second kappa shape index (κ2) is 8.46. The van der Waals surface area contributed by atoms with Crippen LogP contribution in [0.2, 0.25) is 5.02 Å². The molecular formula is C14H20ClNO2S. The highest BCUT2D eigenvalue weighted by atomic mass is 35.5. The highest BCUT2D eigenvalue weighted by Crippen LogP contribution is 2.30. The van der Waals surface area contributed by atoms with Crippen molar-refractivity contribution in [3.8, 4) is 0 Å². The number of thioether (sulfide) groups is 1. The standard InChI is InChI=1S/C14H20ClNO2S/c1-4-18-13(17)9-19-14-11(8-16-10(2)3)6-5-7-12(14)15/h5-7,10,16H,4,8-9H2,1-3H3. The lowest BCUT2D eigenvalue weighted by molar-refractivity contribution is -0.139. The van der Waals surface area contributed by atoms with E-state index in [2.05, 4.69) is 19.2 Å². The summed E-state index contributed by atoms with van der Waals surface area (Å²) in [6.07, 6.45) is 0. The molecule has 0 heterocycles. The SMILES string of the molecule is CCOC(=O)CSc1c(Cl)cccc1CNC(C)C. The van der Waals surface area contributed by atoms with Crippen molar-refractivity contribution in [2.75, 3.05) is 12.4 Å². The van der Waals surface area contributed by atoms with E-state index in [0.717, 1.165) is 17.0 Å². The Morgan fingerprint density at radius 3 is 2.84 bits per heavy atom. The number of carbonyl (C=O) groups excluding carboxylic acids is 1. The number of benzene rings is 1. The van der Waals surface area contributed by atoms with Gasteiger partial charge < -0.3 is 10.1 Å². The Balaban J connectivity index is 2.71. The van der Waals surface area contributed by atoms with Gasteiger partial charge in [0.2, 0.25) is 0 Å². The molecule has 1 N–H and O–H groups in total. The van der Waals surface area contributed by atoms with Gasteiger partial charge in [0.1, 0.15) is 0 Å². The van der Waals surface area contributed by atoms with Crippen molar-refractivity contribution in [3.05, 3.63) is 28.8 Å². The molecule has 0 radical (unpaired) electrons. The number of halogens is 1. The van der Waals surface area contributed by atoms with Crippen molar-refractivity contribution in [2.24, 2.45) is 0 Å². The van der Waals surface area contributed by atoms with Crippen molar-refractivity contribution >= 4 is 29.3 Å². The van der Waals surface area contributed by atoms with Gasteiger partial charge in [-0.05, 0) is 18.6 Å². The van der Waals surface area contributed by atoms with Crippen LogP contribution >= 0.6 is 23.4 Å².